The van der Waals surface area contributed by atoms with Crippen LogP contribution in [0, 0.1) is 6.92 Å². The van der Waals surface area contributed by atoms with Crippen LogP contribution in [0.2, 0.25) is 5.28 Å². The van der Waals surface area contributed by atoms with E-state index in [2.05, 4.69) is 9.97 Å². The zero-order chi connectivity index (χ0) is 16.3. The molecule has 0 spiro atoms. The van der Waals surface area contributed by atoms with Crippen molar-refractivity contribution in [1.82, 2.24) is 9.97 Å². The van der Waals surface area contributed by atoms with E-state index in [0.717, 1.165) is 0 Å². The van der Waals surface area contributed by atoms with E-state index in [0.29, 0.717) is 17.2 Å². The number of anilines is 2. The predicted octanol–water partition coefficient (Wildman–Crippen LogP) is 4.51. The van der Waals surface area contributed by atoms with Gasteiger partial charge in [0, 0.05) is 11.8 Å². The van der Waals surface area contributed by atoms with Crippen molar-refractivity contribution >= 4 is 29.2 Å². The molecule has 5 nitrogen and oxygen atoms in total. The maximum absolute atomic E-state index is 12.6. The summed E-state index contributed by atoms with van der Waals surface area (Å²) in [6.45, 7) is 7.22. The number of carbonyl (C=O) groups is 1. The molecule has 0 unspecified atom stereocenters. The van der Waals surface area contributed by atoms with E-state index in [1.807, 2.05) is 39.0 Å². The Morgan fingerprint density at radius 2 is 1.82 bits per heavy atom. The molecule has 6 heteroatoms. The molecule has 22 heavy (non-hydrogen) atoms. The van der Waals surface area contributed by atoms with E-state index >= 15 is 0 Å². The molecular weight excluding hydrogens is 302 g/mol. The lowest BCUT2D eigenvalue weighted by molar-refractivity contribution is 0.0598. The normalized spacial score (nSPS) is 11.1. The molecule has 0 fully saturated rings. The number of ether oxygens (including phenoxy) is 1. The van der Waals surface area contributed by atoms with Crippen molar-refractivity contribution in [2.24, 2.45) is 0 Å². The van der Waals surface area contributed by atoms with Gasteiger partial charge in [-0.2, -0.15) is 4.98 Å². The molecule has 1 heterocycles. The van der Waals surface area contributed by atoms with Gasteiger partial charge in [-0.3, -0.25) is 0 Å². The van der Waals surface area contributed by atoms with Crippen molar-refractivity contribution in [3.05, 3.63) is 47.4 Å². The molecule has 0 saturated heterocycles. The first kappa shape index (κ1) is 16.2. The molecule has 116 valence electrons. The minimum absolute atomic E-state index is 0.0829. The van der Waals surface area contributed by atoms with E-state index in [1.54, 1.807) is 25.1 Å². The van der Waals surface area contributed by atoms with E-state index < -0.39 is 11.7 Å². The van der Waals surface area contributed by atoms with Crippen LogP contribution in [0.3, 0.4) is 0 Å². The first-order chi connectivity index (χ1) is 10.3. The Balaban J connectivity index is 2.48. The van der Waals surface area contributed by atoms with Gasteiger partial charge in [-0.1, -0.05) is 18.2 Å². The monoisotopic (exact) mass is 319 g/mol. The maximum Gasteiger partial charge on any atom is 0.420 e. The number of benzene rings is 1. The number of amides is 1. The minimum atomic E-state index is -0.615. The molecule has 2 rings (SSSR count). The quantitative estimate of drug-likeness (QED) is 0.764. The number of nitrogens with zero attached hydrogens (tertiary/aromatic N) is 3. The molecule has 0 aliphatic carbocycles. The van der Waals surface area contributed by atoms with Crippen LogP contribution in [0.5, 0.6) is 0 Å². The third-order valence-electron chi connectivity index (χ3n) is 2.63. The lowest BCUT2D eigenvalue weighted by atomic mass is 10.2. The predicted molar refractivity (Wildman–Crippen MR) is 86.6 cm³/mol. The summed E-state index contributed by atoms with van der Waals surface area (Å²) in [5, 5.41) is 0.0829. The van der Waals surface area contributed by atoms with Crippen LogP contribution in [-0.4, -0.2) is 21.7 Å². The van der Waals surface area contributed by atoms with Gasteiger partial charge in [0.15, 0.2) is 0 Å². The second-order valence-electron chi connectivity index (χ2n) is 5.79. The topological polar surface area (TPSA) is 55.3 Å². The third-order valence-corrected chi connectivity index (χ3v) is 2.80. The standard InChI is InChI=1S/C16H18ClN3O2/c1-11-10-13(19-14(17)18-11)20(12-8-6-5-7-9-12)15(21)22-16(2,3)4/h5-10H,1-4H3. The van der Waals surface area contributed by atoms with Crippen molar-refractivity contribution in [2.45, 2.75) is 33.3 Å². The van der Waals surface area contributed by atoms with E-state index in [1.165, 1.54) is 4.90 Å². The van der Waals surface area contributed by atoms with Crippen LogP contribution >= 0.6 is 11.6 Å². The summed E-state index contributed by atoms with van der Waals surface area (Å²) in [6.07, 6.45) is -0.520. The third kappa shape index (κ3) is 4.18. The molecule has 0 radical (unpaired) electrons. The number of hydrogen-bond donors (Lipinski definition) is 0. The second kappa shape index (κ2) is 6.32. The smallest absolute Gasteiger partial charge is 0.420 e. The van der Waals surface area contributed by atoms with Crippen LogP contribution < -0.4 is 4.90 Å². The summed E-state index contributed by atoms with van der Waals surface area (Å²) in [6, 6.07) is 10.8. The molecule has 0 saturated carbocycles. The average molecular weight is 320 g/mol. The van der Waals surface area contributed by atoms with Gasteiger partial charge < -0.3 is 4.74 Å². The molecule has 0 aliphatic heterocycles. The fraction of sp³-hybridized carbons (Fsp3) is 0.312. The maximum atomic E-state index is 12.6. The van der Waals surface area contributed by atoms with Crippen molar-refractivity contribution in [3.8, 4) is 0 Å². The largest absolute Gasteiger partial charge is 0.443 e. The van der Waals surface area contributed by atoms with Gasteiger partial charge in [0.1, 0.15) is 11.4 Å². The number of aromatic nitrogens is 2. The van der Waals surface area contributed by atoms with Crippen molar-refractivity contribution in [3.63, 3.8) is 0 Å². The van der Waals surface area contributed by atoms with Crippen molar-refractivity contribution < 1.29 is 9.53 Å². The Kier molecular flexibility index (Phi) is 4.66. The summed E-state index contributed by atoms with van der Waals surface area (Å²) in [7, 11) is 0. The molecule has 2 aromatic rings. The number of aryl methyl sites for hydroxylation is 1. The molecule has 0 atom stereocenters. The molecular formula is C16H18ClN3O2. The van der Waals surface area contributed by atoms with Crippen LogP contribution in [0.15, 0.2) is 36.4 Å². The zero-order valence-electron chi connectivity index (χ0n) is 13.0. The second-order valence-corrected chi connectivity index (χ2v) is 6.13. The first-order valence-corrected chi connectivity index (χ1v) is 7.23. The summed E-state index contributed by atoms with van der Waals surface area (Å²) < 4.78 is 5.47. The van der Waals surface area contributed by atoms with E-state index in [4.69, 9.17) is 16.3 Å². The SMILES string of the molecule is Cc1cc(N(C(=O)OC(C)(C)C)c2ccccc2)nc(Cl)n1. The Morgan fingerprint density at radius 3 is 2.36 bits per heavy atom. The van der Waals surface area contributed by atoms with Gasteiger partial charge >= 0.3 is 6.09 Å². The van der Waals surface area contributed by atoms with Gasteiger partial charge in [0.25, 0.3) is 0 Å². The highest BCUT2D eigenvalue weighted by Crippen LogP contribution is 2.27. The Labute approximate surface area is 134 Å². The fourth-order valence-electron chi connectivity index (χ4n) is 1.85. The lowest BCUT2D eigenvalue weighted by Gasteiger charge is -2.27. The molecule has 0 N–H and O–H groups in total. The number of halogens is 1. The number of para-hydroxylation sites is 1. The fourth-order valence-corrected chi connectivity index (χ4v) is 2.07. The Bertz CT molecular complexity index is 649. The van der Waals surface area contributed by atoms with Gasteiger partial charge in [0.05, 0.1) is 5.69 Å². The van der Waals surface area contributed by atoms with Gasteiger partial charge in [-0.05, 0) is 51.4 Å². The Morgan fingerprint density at radius 1 is 1.18 bits per heavy atom. The average Bonchev–Trinajstić information content (AvgIpc) is 2.36. The minimum Gasteiger partial charge on any atom is -0.443 e. The molecule has 1 amide bonds. The summed E-state index contributed by atoms with van der Waals surface area (Å²) in [5.41, 5.74) is 0.695. The van der Waals surface area contributed by atoms with Gasteiger partial charge in [-0.25, -0.2) is 14.7 Å². The Hall–Kier alpha value is -2.14. The lowest BCUT2D eigenvalue weighted by Crippen LogP contribution is -2.34. The highest BCUT2D eigenvalue weighted by atomic mass is 35.5. The highest BCUT2D eigenvalue weighted by molar-refractivity contribution is 6.28. The van der Waals surface area contributed by atoms with Crippen LogP contribution in [0.25, 0.3) is 0 Å². The van der Waals surface area contributed by atoms with Crippen LogP contribution in [-0.2, 0) is 4.74 Å². The van der Waals surface area contributed by atoms with Gasteiger partial charge in [-0.15, -0.1) is 0 Å². The number of rotatable bonds is 2. The van der Waals surface area contributed by atoms with Crippen molar-refractivity contribution in [1.29, 1.82) is 0 Å². The van der Waals surface area contributed by atoms with Crippen LogP contribution in [0.1, 0.15) is 26.5 Å². The van der Waals surface area contributed by atoms with E-state index in [9.17, 15) is 4.79 Å². The van der Waals surface area contributed by atoms with Gasteiger partial charge in [0.2, 0.25) is 5.28 Å². The number of carbonyl (C=O) groups excluding carboxylic acids is 1. The summed E-state index contributed by atoms with van der Waals surface area (Å²) in [4.78, 5) is 22.1. The van der Waals surface area contributed by atoms with E-state index in [-0.39, 0.29) is 5.28 Å². The molecule has 1 aromatic carbocycles. The summed E-state index contributed by atoms with van der Waals surface area (Å²) >= 11 is 5.92. The molecule has 1 aromatic heterocycles. The molecule has 0 aliphatic rings. The number of hydrogen-bond acceptors (Lipinski definition) is 4. The van der Waals surface area contributed by atoms with Crippen molar-refractivity contribution in [2.75, 3.05) is 4.90 Å². The molecule has 0 bridgehead atoms. The zero-order valence-corrected chi connectivity index (χ0v) is 13.8. The highest BCUT2D eigenvalue weighted by Gasteiger charge is 2.26. The first-order valence-electron chi connectivity index (χ1n) is 6.85. The van der Waals surface area contributed by atoms with Crippen LogP contribution in [0.4, 0.5) is 16.3 Å². The summed E-state index contributed by atoms with van der Waals surface area (Å²) in [5.74, 6) is 0.373.